The molecule has 1 aromatic heterocycles. The largest absolute Gasteiger partial charge is 0.377 e. The Bertz CT molecular complexity index is 597. The topological polar surface area (TPSA) is 83.9 Å². The first-order valence-corrected chi connectivity index (χ1v) is 5.81. The number of aromatic amines is 1. The van der Waals surface area contributed by atoms with E-state index in [2.05, 4.69) is 15.5 Å². The van der Waals surface area contributed by atoms with E-state index in [1.165, 1.54) is 12.1 Å². The first kappa shape index (κ1) is 13.0. The maximum absolute atomic E-state index is 13.6. The molecule has 0 atom stereocenters. The maximum Gasteiger partial charge on any atom is 0.272 e. The van der Waals surface area contributed by atoms with E-state index in [-0.39, 0.29) is 11.4 Å². The summed E-state index contributed by atoms with van der Waals surface area (Å²) < 4.78 is 13.6. The molecule has 2 aromatic rings. The molecule has 7 heteroatoms. The second-order valence-corrected chi connectivity index (χ2v) is 4.01. The summed E-state index contributed by atoms with van der Waals surface area (Å²) in [5, 5.41) is 20.2. The Kier molecular flexibility index (Phi) is 3.74. The number of benzene rings is 1. The van der Waals surface area contributed by atoms with Gasteiger partial charge >= 0.3 is 0 Å². The number of H-pyrrole nitrogens is 1. The van der Waals surface area contributed by atoms with E-state index in [1.54, 1.807) is 0 Å². The Hall–Kier alpha value is -2.44. The van der Waals surface area contributed by atoms with Crippen molar-refractivity contribution in [3.05, 3.63) is 51.6 Å². The van der Waals surface area contributed by atoms with Crippen molar-refractivity contribution in [1.82, 2.24) is 10.2 Å². The number of hydrogen-bond acceptors (Lipinski definition) is 4. The van der Waals surface area contributed by atoms with E-state index in [1.807, 2.05) is 13.0 Å². The Balaban J connectivity index is 2.05. The summed E-state index contributed by atoms with van der Waals surface area (Å²) >= 11 is 0. The van der Waals surface area contributed by atoms with Crippen molar-refractivity contribution in [1.29, 1.82) is 0 Å². The Morgan fingerprint density at radius 3 is 2.84 bits per heavy atom. The normalized spacial score (nSPS) is 10.4. The van der Waals surface area contributed by atoms with Crippen LogP contribution in [0.1, 0.15) is 18.3 Å². The van der Waals surface area contributed by atoms with Crippen LogP contribution in [0.25, 0.3) is 0 Å². The minimum absolute atomic E-state index is 0.221. The molecule has 0 aliphatic rings. The minimum atomic E-state index is -0.649. The first-order chi connectivity index (χ1) is 9.10. The van der Waals surface area contributed by atoms with Crippen molar-refractivity contribution < 1.29 is 9.31 Å². The molecule has 6 nitrogen and oxygen atoms in total. The summed E-state index contributed by atoms with van der Waals surface area (Å²) in [5.74, 6) is -0.649. The second kappa shape index (κ2) is 5.47. The van der Waals surface area contributed by atoms with Gasteiger partial charge in [0.2, 0.25) is 0 Å². The van der Waals surface area contributed by atoms with Gasteiger partial charge < -0.3 is 5.32 Å². The average molecular weight is 264 g/mol. The van der Waals surface area contributed by atoms with Crippen LogP contribution in [0.3, 0.4) is 0 Å². The molecule has 100 valence electrons. The lowest BCUT2D eigenvalue weighted by Crippen LogP contribution is -2.02. The zero-order valence-electron chi connectivity index (χ0n) is 10.3. The van der Waals surface area contributed by atoms with Crippen LogP contribution in [-0.4, -0.2) is 15.1 Å². The number of nitro benzene ring substituents is 1. The van der Waals surface area contributed by atoms with Crippen molar-refractivity contribution >= 4 is 11.4 Å². The van der Waals surface area contributed by atoms with Crippen molar-refractivity contribution in [2.75, 3.05) is 5.32 Å². The molecule has 2 rings (SSSR count). The molecule has 0 amide bonds. The van der Waals surface area contributed by atoms with Crippen LogP contribution in [-0.2, 0) is 13.0 Å². The Morgan fingerprint density at radius 1 is 1.47 bits per heavy atom. The van der Waals surface area contributed by atoms with E-state index >= 15 is 0 Å². The molecular formula is C12H13FN4O2. The van der Waals surface area contributed by atoms with Gasteiger partial charge in [0.1, 0.15) is 0 Å². The lowest BCUT2D eigenvalue weighted by atomic mass is 10.2. The second-order valence-electron chi connectivity index (χ2n) is 4.01. The minimum Gasteiger partial charge on any atom is -0.377 e. The van der Waals surface area contributed by atoms with Crippen molar-refractivity contribution in [3.63, 3.8) is 0 Å². The van der Waals surface area contributed by atoms with Crippen LogP contribution in [0.4, 0.5) is 15.8 Å². The van der Waals surface area contributed by atoms with Gasteiger partial charge in [-0.1, -0.05) is 6.92 Å². The fourth-order valence-corrected chi connectivity index (χ4v) is 1.63. The van der Waals surface area contributed by atoms with Crippen LogP contribution in [0.5, 0.6) is 0 Å². The average Bonchev–Trinajstić information content (AvgIpc) is 2.85. The molecule has 0 radical (unpaired) electrons. The third-order valence-electron chi connectivity index (χ3n) is 2.68. The molecular weight excluding hydrogens is 251 g/mol. The molecule has 19 heavy (non-hydrogen) atoms. The number of non-ortho nitro benzene ring substituents is 1. The fraction of sp³-hybridized carbons (Fsp3) is 0.250. The molecule has 0 aliphatic heterocycles. The zero-order valence-corrected chi connectivity index (χ0v) is 10.3. The van der Waals surface area contributed by atoms with Crippen molar-refractivity contribution in [2.24, 2.45) is 0 Å². The molecule has 2 N–H and O–H groups in total. The van der Waals surface area contributed by atoms with Crippen LogP contribution in [0.15, 0.2) is 24.3 Å². The number of halogens is 1. The summed E-state index contributed by atoms with van der Waals surface area (Å²) in [6.45, 7) is 2.37. The van der Waals surface area contributed by atoms with E-state index < -0.39 is 10.7 Å². The predicted molar refractivity (Wildman–Crippen MR) is 68.3 cm³/mol. The van der Waals surface area contributed by atoms with Crippen molar-refractivity contribution in [2.45, 2.75) is 19.9 Å². The summed E-state index contributed by atoms with van der Waals surface area (Å²) in [4.78, 5) is 9.86. The lowest BCUT2D eigenvalue weighted by Gasteiger charge is -2.05. The smallest absolute Gasteiger partial charge is 0.272 e. The van der Waals surface area contributed by atoms with Crippen LogP contribution < -0.4 is 5.32 Å². The Morgan fingerprint density at radius 2 is 2.26 bits per heavy atom. The zero-order chi connectivity index (χ0) is 13.8. The number of rotatable bonds is 5. The van der Waals surface area contributed by atoms with E-state index in [9.17, 15) is 14.5 Å². The number of anilines is 1. The van der Waals surface area contributed by atoms with Gasteiger partial charge in [-0.3, -0.25) is 15.2 Å². The fourth-order valence-electron chi connectivity index (χ4n) is 1.63. The summed E-state index contributed by atoms with van der Waals surface area (Å²) in [6.07, 6.45) is 0.822. The van der Waals surface area contributed by atoms with Gasteiger partial charge in [-0.05, 0) is 18.6 Å². The molecule has 0 bridgehead atoms. The van der Waals surface area contributed by atoms with Crippen molar-refractivity contribution in [3.8, 4) is 0 Å². The molecule has 1 heterocycles. The third-order valence-corrected chi connectivity index (χ3v) is 2.68. The predicted octanol–water partition coefficient (Wildman–Crippen LogP) is 2.63. The number of nitrogens with one attached hydrogen (secondary N) is 2. The lowest BCUT2D eigenvalue weighted by molar-refractivity contribution is -0.385. The quantitative estimate of drug-likeness (QED) is 0.642. The number of hydrogen-bond donors (Lipinski definition) is 2. The number of aryl methyl sites for hydroxylation is 1. The molecule has 0 saturated heterocycles. The maximum atomic E-state index is 13.6. The number of nitrogens with zero attached hydrogens (tertiary/aromatic N) is 2. The van der Waals surface area contributed by atoms with E-state index in [0.29, 0.717) is 6.54 Å². The van der Waals surface area contributed by atoms with Gasteiger partial charge in [0, 0.05) is 6.07 Å². The summed E-state index contributed by atoms with van der Waals surface area (Å²) in [5.41, 5.74) is 1.71. The van der Waals surface area contributed by atoms with E-state index in [0.717, 1.165) is 23.9 Å². The van der Waals surface area contributed by atoms with Gasteiger partial charge in [-0.2, -0.15) is 5.10 Å². The van der Waals surface area contributed by atoms with Crippen LogP contribution >= 0.6 is 0 Å². The highest BCUT2D eigenvalue weighted by Crippen LogP contribution is 2.20. The summed E-state index contributed by atoms with van der Waals surface area (Å²) in [6, 6.07) is 5.39. The standard InChI is InChI=1S/C12H13FN4O2/c1-2-8-5-9(16-15-8)7-14-12-4-3-10(17(18)19)6-11(12)13/h3-6,14H,2,7H2,1H3,(H,15,16). The van der Waals surface area contributed by atoms with Crippen LogP contribution in [0, 0.1) is 15.9 Å². The molecule has 1 aromatic carbocycles. The monoisotopic (exact) mass is 264 g/mol. The van der Waals surface area contributed by atoms with Gasteiger partial charge in [0.25, 0.3) is 5.69 Å². The van der Waals surface area contributed by atoms with E-state index in [4.69, 9.17) is 0 Å². The highest BCUT2D eigenvalue weighted by molar-refractivity contribution is 5.50. The van der Waals surface area contributed by atoms with Gasteiger partial charge in [-0.25, -0.2) is 4.39 Å². The Labute approximate surface area is 108 Å². The van der Waals surface area contributed by atoms with Gasteiger partial charge in [-0.15, -0.1) is 0 Å². The molecule has 0 aliphatic carbocycles. The van der Waals surface area contributed by atoms with Gasteiger partial charge in [0.05, 0.1) is 34.6 Å². The molecule has 0 unspecified atom stereocenters. The summed E-state index contributed by atoms with van der Waals surface area (Å²) in [7, 11) is 0. The highest BCUT2D eigenvalue weighted by atomic mass is 19.1. The number of aromatic nitrogens is 2. The molecule has 0 saturated carbocycles. The molecule has 0 spiro atoms. The highest BCUT2D eigenvalue weighted by Gasteiger charge is 2.10. The number of nitro groups is 1. The van der Waals surface area contributed by atoms with Crippen LogP contribution in [0.2, 0.25) is 0 Å². The third kappa shape index (κ3) is 3.06. The molecule has 0 fully saturated rings. The van der Waals surface area contributed by atoms with Gasteiger partial charge in [0.15, 0.2) is 5.82 Å². The first-order valence-electron chi connectivity index (χ1n) is 5.81. The SMILES string of the molecule is CCc1cc(CNc2ccc([N+](=O)[O-])cc2F)[nH]n1.